The molecule has 0 aliphatic rings. The van der Waals surface area contributed by atoms with Crippen LogP contribution in [0.15, 0.2) is 23.4 Å². The molecule has 18 heavy (non-hydrogen) atoms. The lowest BCUT2D eigenvalue weighted by Gasteiger charge is -2.24. The Morgan fingerprint density at radius 1 is 1.50 bits per heavy atom. The smallest absolute Gasteiger partial charge is 0.252 e. The van der Waals surface area contributed by atoms with Crippen LogP contribution in [0.2, 0.25) is 5.02 Å². The molecule has 0 heterocycles. The van der Waals surface area contributed by atoms with Crippen LogP contribution in [0.25, 0.3) is 0 Å². The second-order valence-electron chi connectivity index (χ2n) is 4.53. The summed E-state index contributed by atoms with van der Waals surface area (Å²) in [5.41, 5.74) is 5.86. The van der Waals surface area contributed by atoms with E-state index in [9.17, 15) is 4.79 Å². The number of amides is 1. The number of benzene rings is 1. The molecule has 1 amide bonds. The summed E-state index contributed by atoms with van der Waals surface area (Å²) >= 11 is 5.95. The van der Waals surface area contributed by atoms with Gasteiger partial charge in [0.1, 0.15) is 0 Å². The first kappa shape index (κ1) is 14.3. The van der Waals surface area contributed by atoms with Crippen molar-refractivity contribution in [3.8, 4) is 0 Å². The number of rotatable bonds is 3. The Bertz CT molecular complexity index is 498. The number of nitrogens with zero attached hydrogens (tertiary/aromatic N) is 1. The van der Waals surface area contributed by atoms with E-state index in [1.54, 1.807) is 32.0 Å². The van der Waals surface area contributed by atoms with Gasteiger partial charge >= 0.3 is 0 Å². The average molecular weight is 270 g/mol. The maximum absolute atomic E-state index is 12.0. The van der Waals surface area contributed by atoms with E-state index in [-0.39, 0.29) is 11.7 Å². The SMILES string of the molecule is Cc1ccc(C(=O)NC(C)(C)C(N)=NO)cc1Cl. The minimum absolute atomic E-state index is 0.0749. The number of nitrogens with two attached hydrogens (primary N) is 1. The number of aryl methyl sites for hydroxylation is 1. The van der Waals surface area contributed by atoms with E-state index in [2.05, 4.69) is 10.5 Å². The van der Waals surface area contributed by atoms with Crippen LogP contribution in [0.3, 0.4) is 0 Å². The Labute approximate surface area is 111 Å². The Morgan fingerprint density at radius 3 is 2.61 bits per heavy atom. The quantitative estimate of drug-likeness (QED) is 0.339. The van der Waals surface area contributed by atoms with Crippen LogP contribution in [0, 0.1) is 6.92 Å². The third-order valence-electron chi connectivity index (χ3n) is 2.61. The van der Waals surface area contributed by atoms with Crippen LogP contribution >= 0.6 is 11.6 Å². The van der Waals surface area contributed by atoms with E-state index in [4.69, 9.17) is 22.5 Å². The lowest BCUT2D eigenvalue weighted by molar-refractivity contribution is 0.0931. The molecular formula is C12H16ClN3O2. The van der Waals surface area contributed by atoms with Crippen LogP contribution < -0.4 is 11.1 Å². The summed E-state index contributed by atoms with van der Waals surface area (Å²) in [6.45, 7) is 5.12. The molecule has 0 saturated heterocycles. The van der Waals surface area contributed by atoms with Gasteiger partial charge in [0.15, 0.2) is 5.84 Å². The number of nitrogens with one attached hydrogen (secondary N) is 1. The van der Waals surface area contributed by atoms with Crippen LogP contribution in [0.1, 0.15) is 29.8 Å². The summed E-state index contributed by atoms with van der Waals surface area (Å²) in [5.74, 6) is -0.414. The zero-order chi connectivity index (χ0) is 13.9. The van der Waals surface area contributed by atoms with Crippen molar-refractivity contribution >= 4 is 23.3 Å². The van der Waals surface area contributed by atoms with Crippen LogP contribution in [-0.2, 0) is 0 Å². The van der Waals surface area contributed by atoms with E-state index < -0.39 is 5.54 Å². The van der Waals surface area contributed by atoms with Gasteiger partial charge < -0.3 is 16.3 Å². The fourth-order valence-corrected chi connectivity index (χ4v) is 1.46. The minimum atomic E-state index is -0.941. The molecule has 6 heteroatoms. The van der Waals surface area contributed by atoms with Crippen molar-refractivity contribution in [2.24, 2.45) is 10.9 Å². The monoisotopic (exact) mass is 269 g/mol. The minimum Gasteiger partial charge on any atom is -0.409 e. The second kappa shape index (κ2) is 5.27. The highest BCUT2D eigenvalue weighted by molar-refractivity contribution is 6.31. The van der Waals surface area contributed by atoms with Crippen molar-refractivity contribution in [2.45, 2.75) is 26.3 Å². The first-order chi connectivity index (χ1) is 8.27. The molecule has 0 atom stereocenters. The lowest BCUT2D eigenvalue weighted by atomic mass is 10.0. The number of hydrogen-bond acceptors (Lipinski definition) is 3. The van der Waals surface area contributed by atoms with Crippen LogP contribution in [0.5, 0.6) is 0 Å². The Morgan fingerprint density at radius 2 is 2.11 bits per heavy atom. The Hall–Kier alpha value is -1.75. The summed E-state index contributed by atoms with van der Waals surface area (Å²) in [6, 6.07) is 5.00. The van der Waals surface area contributed by atoms with Crippen molar-refractivity contribution in [1.82, 2.24) is 5.32 Å². The van der Waals surface area contributed by atoms with Gasteiger partial charge in [-0.1, -0.05) is 22.8 Å². The zero-order valence-corrected chi connectivity index (χ0v) is 11.2. The molecule has 1 aromatic carbocycles. The molecule has 4 N–H and O–H groups in total. The van der Waals surface area contributed by atoms with Gasteiger partial charge in [-0.15, -0.1) is 0 Å². The largest absolute Gasteiger partial charge is 0.409 e. The topological polar surface area (TPSA) is 87.7 Å². The number of amidine groups is 1. The third kappa shape index (κ3) is 3.13. The van der Waals surface area contributed by atoms with Gasteiger partial charge in [-0.2, -0.15) is 0 Å². The van der Waals surface area contributed by atoms with Gasteiger partial charge in [0, 0.05) is 10.6 Å². The van der Waals surface area contributed by atoms with E-state index >= 15 is 0 Å². The average Bonchev–Trinajstić information content (AvgIpc) is 2.30. The first-order valence-electron chi connectivity index (χ1n) is 5.34. The second-order valence-corrected chi connectivity index (χ2v) is 4.94. The molecule has 0 fully saturated rings. The number of halogens is 1. The number of oxime groups is 1. The first-order valence-corrected chi connectivity index (χ1v) is 5.72. The molecule has 0 unspecified atom stereocenters. The maximum atomic E-state index is 12.0. The highest BCUT2D eigenvalue weighted by atomic mass is 35.5. The van der Waals surface area contributed by atoms with Crippen molar-refractivity contribution in [2.75, 3.05) is 0 Å². The lowest BCUT2D eigenvalue weighted by Crippen LogP contribution is -2.53. The van der Waals surface area contributed by atoms with Crippen molar-refractivity contribution in [3.05, 3.63) is 34.3 Å². The van der Waals surface area contributed by atoms with E-state index in [0.717, 1.165) is 5.56 Å². The van der Waals surface area contributed by atoms with Gasteiger partial charge in [0.2, 0.25) is 0 Å². The van der Waals surface area contributed by atoms with Crippen molar-refractivity contribution < 1.29 is 10.0 Å². The summed E-state index contributed by atoms with van der Waals surface area (Å²) < 4.78 is 0. The maximum Gasteiger partial charge on any atom is 0.252 e. The Balaban J connectivity index is 2.92. The van der Waals surface area contributed by atoms with Crippen molar-refractivity contribution in [3.63, 3.8) is 0 Å². The predicted octanol–water partition coefficient (Wildman–Crippen LogP) is 1.90. The summed E-state index contributed by atoms with van der Waals surface area (Å²) in [4.78, 5) is 12.0. The van der Waals surface area contributed by atoms with E-state index in [1.165, 1.54) is 0 Å². The van der Waals surface area contributed by atoms with Gasteiger partial charge in [-0.25, -0.2) is 0 Å². The molecule has 0 saturated carbocycles. The molecular weight excluding hydrogens is 254 g/mol. The summed E-state index contributed by atoms with van der Waals surface area (Å²) in [5, 5.41) is 14.7. The highest BCUT2D eigenvalue weighted by Gasteiger charge is 2.26. The fraction of sp³-hybridized carbons (Fsp3) is 0.333. The number of hydrogen-bond donors (Lipinski definition) is 3. The predicted molar refractivity (Wildman–Crippen MR) is 71.1 cm³/mol. The molecule has 0 aromatic heterocycles. The molecule has 0 aliphatic heterocycles. The van der Waals surface area contributed by atoms with Gasteiger partial charge in [-0.05, 0) is 38.5 Å². The highest BCUT2D eigenvalue weighted by Crippen LogP contribution is 2.17. The van der Waals surface area contributed by atoms with Crippen LogP contribution in [-0.4, -0.2) is 22.5 Å². The standard InChI is InChI=1S/C12H16ClN3O2/c1-7-4-5-8(6-9(7)13)10(17)15-12(2,3)11(14)16-18/h4-6,18H,1-3H3,(H2,14,16)(H,15,17). The van der Waals surface area contributed by atoms with Gasteiger partial charge in [0.25, 0.3) is 5.91 Å². The molecule has 5 nitrogen and oxygen atoms in total. The zero-order valence-electron chi connectivity index (χ0n) is 10.5. The molecule has 98 valence electrons. The number of carbonyl (C=O) groups excluding carboxylic acids is 1. The summed E-state index contributed by atoms with van der Waals surface area (Å²) in [6.07, 6.45) is 0. The van der Waals surface area contributed by atoms with Gasteiger partial charge in [-0.3, -0.25) is 4.79 Å². The molecule has 0 spiro atoms. The summed E-state index contributed by atoms with van der Waals surface area (Å²) in [7, 11) is 0. The van der Waals surface area contributed by atoms with Crippen molar-refractivity contribution in [1.29, 1.82) is 0 Å². The normalized spacial score (nSPS) is 12.3. The molecule has 1 rings (SSSR count). The molecule has 1 aromatic rings. The van der Waals surface area contributed by atoms with E-state index in [0.29, 0.717) is 10.6 Å². The van der Waals surface area contributed by atoms with Gasteiger partial charge in [0.05, 0.1) is 5.54 Å². The fourth-order valence-electron chi connectivity index (χ4n) is 1.28. The molecule has 0 aliphatic carbocycles. The molecule has 0 bridgehead atoms. The number of carbonyl (C=O) groups is 1. The van der Waals surface area contributed by atoms with E-state index in [1.807, 2.05) is 6.92 Å². The molecule has 0 radical (unpaired) electrons. The van der Waals surface area contributed by atoms with Crippen LogP contribution in [0.4, 0.5) is 0 Å². The third-order valence-corrected chi connectivity index (χ3v) is 3.02. The Kier molecular flexibility index (Phi) is 4.19.